The predicted octanol–water partition coefficient (Wildman–Crippen LogP) is 4.95. The molecule has 0 bridgehead atoms. The van der Waals surface area contributed by atoms with Crippen molar-refractivity contribution >= 4 is 33.3 Å². The van der Waals surface area contributed by atoms with Crippen LogP contribution in [0.5, 0.6) is 0 Å². The summed E-state index contributed by atoms with van der Waals surface area (Å²) >= 11 is 8.58. The van der Waals surface area contributed by atoms with Crippen LogP contribution in [0, 0.1) is 17.5 Å². The number of carbonyl (C=O) groups is 1. The molecular formula is C14H7BrClF3O. The summed E-state index contributed by atoms with van der Waals surface area (Å²) in [5, 5.41) is 0.171. The minimum atomic E-state index is -0.874. The Labute approximate surface area is 126 Å². The quantitative estimate of drug-likeness (QED) is 0.557. The molecule has 0 heterocycles. The minimum absolute atomic E-state index is 0.0354. The molecule has 20 heavy (non-hydrogen) atoms. The van der Waals surface area contributed by atoms with Crippen molar-refractivity contribution in [3.63, 3.8) is 0 Å². The van der Waals surface area contributed by atoms with Gasteiger partial charge in [-0.15, -0.1) is 0 Å². The Kier molecular flexibility index (Phi) is 4.50. The maximum atomic E-state index is 13.8. The first-order valence-electron chi connectivity index (χ1n) is 5.50. The molecule has 0 unspecified atom stereocenters. The van der Waals surface area contributed by atoms with Crippen LogP contribution in [0.4, 0.5) is 13.2 Å². The first-order valence-corrected chi connectivity index (χ1v) is 6.68. The highest BCUT2D eigenvalue weighted by Gasteiger charge is 2.19. The second-order valence-corrected chi connectivity index (χ2v) is 5.34. The van der Waals surface area contributed by atoms with E-state index in [2.05, 4.69) is 15.9 Å². The van der Waals surface area contributed by atoms with Gasteiger partial charge in [-0.3, -0.25) is 4.79 Å². The zero-order valence-corrected chi connectivity index (χ0v) is 12.2. The van der Waals surface area contributed by atoms with Gasteiger partial charge in [0.15, 0.2) is 5.78 Å². The van der Waals surface area contributed by atoms with Crippen LogP contribution in [0.25, 0.3) is 0 Å². The van der Waals surface area contributed by atoms with Crippen molar-refractivity contribution < 1.29 is 18.0 Å². The smallest absolute Gasteiger partial charge is 0.170 e. The Morgan fingerprint density at radius 1 is 1.10 bits per heavy atom. The topological polar surface area (TPSA) is 17.1 Å². The summed E-state index contributed by atoms with van der Waals surface area (Å²) in [6, 6.07) is 5.67. The fourth-order valence-corrected chi connectivity index (χ4v) is 2.24. The van der Waals surface area contributed by atoms with E-state index in [4.69, 9.17) is 11.6 Å². The Balaban J connectivity index is 2.38. The van der Waals surface area contributed by atoms with Gasteiger partial charge in [-0.2, -0.15) is 0 Å². The van der Waals surface area contributed by atoms with E-state index < -0.39 is 35.2 Å². The van der Waals surface area contributed by atoms with Gasteiger partial charge in [0.1, 0.15) is 17.5 Å². The van der Waals surface area contributed by atoms with Gasteiger partial charge in [-0.05, 0) is 46.3 Å². The molecule has 0 aliphatic heterocycles. The minimum Gasteiger partial charge on any atom is -0.294 e. The van der Waals surface area contributed by atoms with Crippen LogP contribution in [-0.4, -0.2) is 5.78 Å². The van der Waals surface area contributed by atoms with Crippen molar-refractivity contribution in [2.45, 2.75) is 6.42 Å². The summed E-state index contributed by atoms with van der Waals surface area (Å²) in [5.41, 5.74) is -0.708. The second kappa shape index (κ2) is 5.97. The van der Waals surface area contributed by atoms with Crippen molar-refractivity contribution in [2.75, 3.05) is 0 Å². The van der Waals surface area contributed by atoms with Gasteiger partial charge in [-0.1, -0.05) is 11.6 Å². The number of ketones is 1. The number of benzene rings is 2. The number of hydrogen-bond donors (Lipinski definition) is 0. The normalized spacial score (nSPS) is 10.7. The van der Waals surface area contributed by atoms with E-state index >= 15 is 0 Å². The standard InChI is InChI=1S/C14H7BrClF3O/c15-10-2-4-12(18)9(14(10)19)6-13(20)8-5-7(16)1-3-11(8)17/h1-5H,6H2. The molecule has 0 saturated heterocycles. The van der Waals surface area contributed by atoms with Crippen molar-refractivity contribution in [1.29, 1.82) is 0 Å². The Hall–Kier alpha value is -1.33. The molecule has 1 nitrogen and oxygen atoms in total. The summed E-state index contributed by atoms with van der Waals surface area (Å²) in [6.07, 6.45) is -0.589. The average molecular weight is 364 g/mol. The molecule has 2 rings (SSSR count). The van der Waals surface area contributed by atoms with E-state index in [0.29, 0.717) is 0 Å². The Morgan fingerprint density at radius 3 is 2.45 bits per heavy atom. The molecule has 0 amide bonds. The van der Waals surface area contributed by atoms with Crippen LogP contribution < -0.4 is 0 Å². The van der Waals surface area contributed by atoms with Crippen LogP contribution in [0.1, 0.15) is 15.9 Å². The van der Waals surface area contributed by atoms with Crippen molar-refractivity contribution in [1.82, 2.24) is 0 Å². The van der Waals surface area contributed by atoms with E-state index in [1.807, 2.05) is 0 Å². The van der Waals surface area contributed by atoms with E-state index in [-0.39, 0.29) is 15.1 Å². The molecule has 0 radical (unpaired) electrons. The van der Waals surface area contributed by atoms with E-state index in [9.17, 15) is 18.0 Å². The lowest BCUT2D eigenvalue weighted by Crippen LogP contribution is -2.09. The molecule has 0 aromatic heterocycles. The number of Topliss-reactive ketones (excluding diaryl/α,β-unsaturated/α-hetero) is 1. The van der Waals surface area contributed by atoms with E-state index in [1.165, 1.54) is 12.1 Å². The van der Waals surface area contributed by atoms with Gasteiger partial charge in [0.25, 0.3) is 0 Å². The molecule has 0 aliphatic rings. The maximum Gasteiger partial charge on any atom is 0.170 e. The molecule has 0 spiro atoms. The molecule has 104 valence electrons. The Bertz CT molecular complexity index is 688. The monoisotopic (exact) mass is 362 g/mol. The van der Waals surface area contributed by atoms with Gasteiger partial charge in [0.05, 0.1) is 10.0 Å². The van der Waals surface area contributed by atoms with Gasteiger partial charge in [0, 0.05) is 17.0 Å². The van der Waals surface area contributed by atoms with Crippen LogP contribution in [-0.2, 0) is 6.42 Å². The summed E-state index contributed by atoms with van der Waals surface area (Å²) in [7, 11) is 0. The molecule has 2 aromatic rings. The van der Waals surface area contributed by atoms with Crippen molar-refractivity contribution in [2.24, 2.45) is 0 Å². The van der Waals surface area contributed by atoms with Gasteiger partial charge < -0.3 is 0 Å². The third-order valence-electron chi connectivity index (χ3n) is 2.71. The molecule has 0 fully saturated rings. The molecular weight excluding hydrogens is 357 g/mol. The highest BCUT2D eigenvalue weighted by atomic mass is 79.9. The second-order valence-electron chi connectivity index (χ2n) is 4.05. The lowest BCUT2D eigenvalue weighted by Gasteiger charge is -2.07. The lowest BCUT2D eigenvalue weighted by atomic mass is 10.0. The first kappa shape index (κ1) is 15.1. The molecule has 0 N–H and O–H groups in total. The van der Waals surface area contributed by atoms with E-state index in [0.717, 1.165) is 18.2 Å². The van der Waals surface area contributed by atoms with Gasteiger partial charge >= 0.3 is 0 Å². The van der Waals surface area contributed by atoms with Crippen LogP contribution >= 0.6 is 27.5 Å². The molecule has 6 heteroatoms. The van der Waals surface area contributed by atoms with Crippen LogP contribution in [0.3, 0.4) is 0 Å². The lowest BCUT2D eigenvalue weighted by molar-refractivity contribution is 0.0986. The Morgan fingerprint density at radius 2 is 1.75 bits per heavy atom. The van der Waals surface area contributed by atoms with Crippen molar-refractivity contribution in [3.8, 4) is 0 Å². The van der Waals surface area contributed by atoms with Gasteiger partial charge in [0.2, 0.25) is 0 Å². The van der Waals surface area contributed by atoms with Gasteiger partial charge in [-0.25, -0.2) is 13.2 Å². The fraction of sp³-hybridized carbons (Fsp3) is 0.0714. The number of halogens is 5. The predicted molar refractivity (Wildman–Crippen MR) is 73.5 cm³/mol. The summed E-state index contributed by atoms with van der Waals surface area (Å²) < 4.78 is 40.9. The molecule has 2 aromatic carbocycles. The van der Waals surface area contributed by atoms with Crippen LogP contribution in [0.15, 0.2) is 34.8 Å². The molecule has 0 aliphatic carbocycles. The highest BCUT2D eigenvalue weighted by Crippen LogP contribution is 2.24. The zero-order valence-electron chi connectivity index (χ0n) is 9.89. The number of hydrogen-bond acceptors (Lipinski definition) is 1. The molecule has 0 atom stereocenters. The summed E-state index contributed by atoms with van der Waals surface area (Å²) in [6.45, 7) is 0. The number of carbonyl (C=O) groups excluding carboxylic acids is 1. The number of rotatable bonds is 3. The maximum absolute atomic E-state index is 13.8. The highest BCUT2D eigenvalue weighted by molar-refractivity contribution is 9.10. The first-order chi connectivity index (χ1) is 9.40. The van der Waals surface area contributed by atoms with Crippen LogP contribution in [0.2, 0.25) is 5.02 Å². The fourth-order valence-electron chi connectivity index (χ4n) is 1.70. The summed E-state index contributed by atoms with van der Waals surface area (Å²) in [4.78, 5) is 12.0. The summed E-state index contributed by atoms with van der Waals surface area (Å²) in [5.74, 6) is -3.27. The average Bonchev–Trinajstić information content (AvgIpc) is 2.41. The SMILES string of the molecule is O=C(Cc1c(F)ccc(Br)c1F)c1cc(Cl)ccc1F. The zero-order chi connectivity index (χ0) is 14.9. The van der Waals surface area contributed by atoms with Crippen molar-refractivity contribution in [3.05, 3.63) is 68.4 Å². The molecule has 0 saturated carbocycles. The third-order valence-corrected chi connectivity index (χ3v) is 3.55. The third kappa shape index (κ3) is 3.04. The van der Waals surface area contributed by atoms with E-state index in [1.54, 1.807) is 0 Å². The largest absolute Gasteiger partial charge is 0.294 e.